The Morgan fingerprint density at radius 2 is 1.58 bits per heavy atom. The van der Waals surface area contributed by atoms with E-state index in [0.717, 1.165) is 0 Å². The molecule has 78 valence electrons. The third kappa shape index (κ3) is 22.6. The zero-order chi connectivity index (χ0) is 9.11. The molecule has 0 heterocycles. The number of ether oxygens (including phenoxy) is 2. The second kappa shape index (κ2) is 17.0. The lowest BCUT2D eigenvalue weighted by atomic mass is 10.6. The van der Waals surface area contributed by atoms with Crippen molar-refractivity contribution in [1.82, 2.24) is 0 Å². The standard InChI is InChI=1S/C5H11FO2.C3H8.FH/c1-3-7-5(2)8-4-6;1-3-2;/h5H,3-4H2,1-2H3;3H2,1-2H3;1H. The lowest BCUT2D eigenvalue weighted by Gasteiger charge is -2.08. The third-order valence-electron chi connectivity index (χ3n) is 0.699. The minimum absolute atomic E-state index is 0. The quantitative estimate of drug-likeness (QED) is 0.628. The maximum Gasteiger partial charge on any atom is 0.191 e. The number of hydrogen-bond donors (Lipinski definition) is 0. The van der Waals surface area contributed by atoms with Crippen LogP contribution in [0.2, 0.25) is 0 Å². The van der Waals surface area contributed by atoms with E-state index in [-0.39, 0.29) is 4.70 Å². The molecule has 0 radical (unpaired) electrons. The van der Waals surface area contributed by atoms with E-state index in [2.05, 4.69) is 18.6 Å². The van der Waals surface area contributed by atoms with Gasteiger partial charge in [0, 0.05) is 6.61 Å². The maximum atomic E-state index is 11.3. The Balaban J connectivity index is -0.000000177. The highest BCUT2D eigenvalue weighted by Gasteiger charge is 1.96. The molecule has 0 rings (SSSR count). The molecular formula is C8H20F2O2. The van der Waals surface area contributed by atoms with Gasteiger partial charge in [-0.2, -0.15) is 0 Å². The second-order valence-corrected chi connectivity index (χ2v) is 2.01. The molecule has 1 unspecified atom stereocenters. The number of rotatable bonds is 4. The van der Waals surface area contributed by atoms with Crippen LogP contribution >= 0.6 is 0 Å². The van der Waals surface area contributed by atoms with Crippen molar-refractivity contribution in [3.8, 4) is 0 Å². The number of halogens is 2. The van der Waals surface area contributed by atoms with Crippen molar-refractivity contribution < 1.29 is 18.6 Å². The number of hydrogen-bond acceptors (Lipinski definition) is 2. The first-order valence-corrected chi connectivity index (χ1v) is 4.01. The van der Waals surface area contributed by atoms with Gasteiger partial charge in [0.05, 0.1) is 0 Å². The molecule has 0 aliphatic rings. The van der Waals surface area contributed by atoms with E-state index >= 15 is 0 Å². The van der Waals surface area contributed by atoms with Gasteiger partial charge in [-0.25, -0.2) is 4.39 Å². The van der Waals surface area contributed by atoms with Gasteiger partial charge >= 0.3 is 0 Å². The molecule has 0 fully saturated rings. The van der Waals surface area contributed by atoms with Gasteiger partial charge in [0.1, 0.15) is 0 Å². The molecule has 2 nitrogen and oxygen atoms in total. The molecule has 0 bridgehead atoms. The van der Waals surface area contributed by atoms with E-state index in [4.69, 9.17) is 4.74 Å². The van der Waals surface area contributed by atoms with Crippen molar-refractivity contribution in [2.24, 2.45) is 0 Å². The number of alkyl halides is 1. The van der Waals surface area contributed by atoms with Crippen molar-refractivity contribution in [2.45, 2.75) is 40.4 Å². The zero-order valence-corrected chi connectivity index (χ0v) is 8.30. The SMILES string of the molecule is CCC.CCOC(C)OCF.F. The predicted molar refractivity (Wildman–Crippen MR) is 46.6 cm³/mol. The Morgan fingerprint density at radius 3 is 1.83 bits per heavy atom. The molecule has 1 atom stereocenters. The van der Waals surface area contributed by atoms with Crippen LogP contribution in [-0.4, -0.2) is 19.8 Å². The summed E-state index contributed by atoms with van der Waals surface area (Å²) in [4.78, 5) is 0. The second-order valence-electron chi connectivity index (χ2n) is 2.01. The molecule has 0 N–H and O–H groups in total. The first-order valence-electron chi connectivity index (χ1n) is 4.01. The van der Waals surface area contributed by atoms with E-state index in [9.17, 15) is 4.39 Å². The normalized spacial score (nSPS) is 10.8. The van der Waals surface area contributed by atoms with Crippen LogP contribution < -0.4 is 0 Å². The van der Waals surface area contributed by atoms with Gasteiger partial charge in [-0.3, -0.25) is 4.70 Å². The highest BCUT2D eigenvalue weighted by molar-refractivity contribution is 4.24. The van der Waals surface area contributed by atoms with Crippen molar-refractivity contribution in [1.29, 1.82) is 0 Å². The molecule has 0 amide bonds. The van der Waals surface area contributed by atoms with Gasteiger partial charge in [-0.05, 0) is 13.8 Å². The Bertz CT molecular complexity index is 57.0. The lowest BCUT2D eigenvalue weighted by Crippen LogP contribution is -2.11. The summed E-state index contributed by atoms with van der Waals surface area (Å²) in [5.41, 5.74) is 0. The molecule has 0 aliphatic heterocycles. The molecule has 0 aliphatic carbocycles. The van der Waals surface area contributed by atoms with Crippen LogP contribution in [-0.2, 0) is 9.47 Å². The first-order chi connectivity index (χ1) is 5.22. The van der Waals surface area contributed by atoms with E-state index < -0.39 is 13.2 Å². The largest absolute Gasteiger partial charge is 0.353 e. The first kappa shape index (κ1) is 17.8. The van der Waals surface area contributed by atoms with Crippen molar-refractivity contribution in [3.05, 3.63) is 0 Å². The van der Waals surface area contributed by atoms with Gasteiger partial charge < -0.3 is 9.47 Å². The van der Waals surface area contributed by atoms with Crippen LogP contribution in [0.15, 0.2) is 0 Å². The van der Waals surface area contributed by atoms with E-state index in [0.29, 0.717) is 6.61 Å². The van der Waals surface area contributed by atoms with Gasteiger partial charge in [-0.15, -0.1) is 0 Å². The average molecular weight is 186 g/mol. The highest BCUT2D eigenvalue weighted by Crippen LogP contribution is 1.91. The summed E-state index contributed by atoms with van der Waals surface area (Å²) >= 11 is 0. The van der Waals surface area contributed by atoms with Gasteiger partial charge in [0.2, 0.25) is 0 Å². The Hall–Kier alpha value is -0.220. The molecular weight excluding hydrogens is 166 g/mol. The topological polar surface area (TPSA) is 18.5 Å². The zero-order valence-electron chi connectivity index (χ0n) is 8.30. The summed E-state index contributed by atoms with van der Waals surface area (Å²) in [6.45, 7) is 7.52. The molecule has 0 aromatic rings. The van der Waals surface area contributed by atoms with Crippen LogP contribution in [0.5, 0.6) is 0 Å². The smallest absolute Gasteiger partial charge is 0.191 e. The monoisotopic (exact) mass is 186 g/mol. The fourth-order valence-electron chi connectivity index (χ4n) is 0.372. The van der Waals surface area contributed by atoms with E-state index in [1.807, 2.05) is 6.92 Å². The Morgan fingerprint density at radius 1 is 1.17 bits per heavy atom. The van der Waals surface area contributed by atoms with Crippen molar-refractivity contribution in [3.63, 3.8) is 0 Å². The summed E-state index contributed by atoms with van der Waals surface area (Å²) in [6, 6.07) is 0. The molecule has 0 saturated heterocycles. The van der Waals surface area contributed by atoms with Crippen LogP contribution in [0.3, 0.4) is 0 Å². The van der Waals surface area contributed by atoms with E-state index in [1.165, 1.54) is 6.42 Å². The highest BCUT2D eigenvalue weighted by atomic mass is 19.1. The lowest BCUT2D eigenvalue weighted by molar-refractivity contribution is -0.149. The fraction of sp³-hybridized carbons (Fsp3) is 1.00. The molecule has 0 aromatic heterocycles. The van der Waals surface area contributed by atoms with Crippen molar-refractivity contribution >= 4 is 0 Å². The third-order valence-corrected chi connectivity index (χ3v) is 0.699. The van der Waals surface area contributed by atoms with Crippen molar-refractivity contribution in [2.75, 3.05) is 13.5 Å². The minimum atomic E-state index is -0.777. The van der Waals surface area contributed by atoms with E-state index in [1.54, 1.807) is 6.92 Å². The molecule has 0 aromatic carbocycles. The summed E-state index contributed by atoms with van der Waals surface area (Å²) < 4.78 is 20.5. The summed E-state index contributed by atoms with van der Waals surface area (Å²) in [7, 11) is 0. The molecule has 0 spiro atoms. The maximum absolute atomic E-state index is 11.3. The predicted octanol–water partition coefficient (Wildman–Crippen LogP) is 2.88. The van der Waals surface area contributed by atoms with Crippen LogP contribution in [0.4, 0.5) is 9.09 Å². The fourth-order valence-corrected chi connectivity index (χ4v) is 0.372. The van der Waals surface area contributed by atoms with Crippen LogP contribution in [0.1, 0.15) is 34.1 Å². The Labute approximate surface area is 73.4 Å². The summed E-state index contributed by atoms with van der Waals surface area (Å²) in [5, 5.41) is 0. The Kier molecular flexibility index (Phi) is 25.2. The van der Waals surface area contributed by atoms with Gasteiger partial charge in [0.15, 0.2) is 13.2 Å². The van der Waals surface area contributed by atoms with Gasteiger partial charge in [0.25, 0.3) is 0 Å². The minimum Gasteiger partial charge on any atom is -0.353 e. The molecule has 12 heavy (non-hydrogen) atoms. The van der Waals surface area contributed by atoms with Crippen LogP contribution in [0, 0.1) is 0 Å². The summed E-state index contributed by atoms with van der Waals surface area (Å²) in [6.07, 6.45) is 0.838. The van der Waals surface area contributed by atoms with Crippen LogP contribution in [0.25, 0.3) is 0 Å². The summed E-state index contributed by atoms with van der Waals surface area (Å²) in [5.74, 6) is 0. The van der Waals surface area contributed by atoms with Gasteiger partial charge in [-0.1, -0.05) is 20.3 Å². The average Bonchev–Trinajstić information content (AvgIpc) is 1.90. The molecule has 4 heteroatoms. The molecule has 0 saturated carbocycles.